The van der Waals surface area contributed by atoms with E-state index in [4.69, 9.17) is 5.73 Å². The predicted octanol–water partition coefficient (Wildman–Crippen LogP) is 3.27. The minimum atomic E-state index is 0.0762. The molecular formula is C15H23N3O. The standard InChI is InChI=1S/C15H23N3O/c1-11-8-13(16)10-17-15(11)18-14(19)9-12-6-4-2-3-5-7-12/h8,10,12H,2-7,9,16H2,1H3,(H,17,18,19). The summed E-state index contributed by atoms with van der Waals surface area (Å²) in [7, 11) is 0. The van der Waals surface area contributed by atoms with Gasteiger partial charge in [0.1, 0.15) is 5.82 Å². The molecular weight excluding hydrogens is 238 g/mol. The maximum absolute atomic E-state index is 12.0. The zero-order valence-corrected chi connectivity index (χ0v) is 11.6. The van der Waals surface area contributed by atoms with Gasteiger partial charge < -0.3 is 11.1 Å². The normalized spacial score (nSPS) is 16.9. The summed E-state index contributed by atoms with van der Waals surface area (Å²) in [5.74, 6) is 1.25. The molecule has 0 bridgehead atoms. The van der Waals surface area contributed by atoms with E-state index in [0.29, 0.717) is 23.8 Å². The van der Waals surface area contributed by atoms with Crippen LogP contribution in [0.2, 0.25) is 0 Å². The number of hydrogen-bond acceptors (Lipinski definition) is 3. The molecule has 1 saturated carbocycles. The van der Waals surface area contributed by atoms with E-state index >= 15 is 0 Å². The Bertz CT molecular complexity index is 437. The molecule has 1 aromatic heterocycles. The molecule has 1 fully saturated rings. The van der Waals surface area contributed by atoms with Crippen molar-refractivity contribution >= 4 is 17.4 Å². The Labute approximate surface area is 114 Å². The van der Waals surface area contributed by atoms with Crippen LogP contribution in [-0.2, 0) is 4.79 Å². The Hall–Kier alpha value is -1.58. The first-order valence-electron chi connectivity index (χ1n) is 7.17. The van der Waals surface area contributed by atoms with E-state index in [0.717, 1.165) is 5.56 Å². The van der Waals surface area contributed by atoms with Crippen LogP contribution in [0.15, 0.2) is 12.3 Å². The van der Waals surface area contributed by atoms with Crippen LogP contribution in [0, 0.1) is 12.8 Å². The van der Waals surface area contributed by atoms with Gasteiger partial charge in [-0.3, -0.25) is 4.79 Å². The molecule has 1 heterocycles. The first kappa shape index (κ1) is 13.8. The number of nitrogens with zero attached hydrogens (tertiary/aromatic N) is 1. The van der Waals surface area contributed by atoms with E-state index in [2.05, 4.69) is 10.3 Å². The molecule has 19 heavy (non-hydrogen) atoms. The van der Waals surface area contributed by atoms with Gasteiger partial charge in [0.25, 0.3) is 0 Å². The Morgan fingerprint density at radius 3 is 2.68 bits per heavy atom. The summed E-state index contributed by atoms with van der Waals surface area (Å²) in [5.41, 5.74) is 7.19. The molecule has 1 aromatic rings. The van der Waals surface area contributed by atoms with Crippen molar-refractivity contribution in [3.63, 3.8) is 0 Å². The zero-order chi connectivity index (χ0) is 13.7. The van der Waals surface area contributed by atoms with Gasteiger partial charge >= 0.3 is 0 Å². The van der Waals surface area contributed by atoms with Crippen LogP contribution in [0.5, 0.6) is 0 Å². The molecule has 3 N–H and O–H groups in total. The lowest BCUT2D eigenvalue weighted by Crippen LogP contribution is -2.17. The van der Waals surface area contributed by atoms with Crippen molar-refractivity contribution in [2.24, 2.45) is 5.92 Å². The van der Waals surface area contributed by atoms with E-state index in [1.54, 1.807) is 6.20 Å². The van der Waals surface area contributed by atoms with E-state index in [1.807, 2.05) is 13.0 Å². The van der Waals surface area contributed by atoms with Crippen LogP contribution in [0.4, 0.5) is 11.5 Å². The smallest absolute Gasteiger partial charge is 0.225 e. The Kier molecular flexibility index (Phi) is 4.77. The number of rotatable bonds is 3. The van der Waals surface area contributed by atoms with Gasteiger partial charge in [0.05, 0.1) is 11.9 Å². The monoisotopic (exact) mass is 261 g/mol. The largest absolute Gasteiger partial charge is 0.397 e. The minimum absolute atomic E-state index is 0.0762. The number of nitrogens with two attached hydrogens (primary N) is 1. The SMILES string of the molecule is Cc1cc(N)cnc1NC(=O)CC1CCCCCC1. The molecule has 2 rings (SSSR count). The number of carbonyl (C=O) groups is 1. The maximum Gasteiger partial charge on any atom is 0.225 e. The van der Waals surface area contributed by atoms with Crippen LogP contribution in [0.25, 0.3) is 0 Å². The van der Waals surface area contributed by atoms with Crippen molar-refractivity contribution in [1.82, 2.24) is 4.98 Å². The second-order valence-corrected chi connectivity index (χ2v) is 5.54. The third kappa shape index (κ3) is 4.23. The van der Waals surface area contributed by atoms with Gasteiger partial charge in [-0.1, -0.05) is 25.7 Å². The van der Waals surface area contributed by atoms with Gasteiger partial charge in [-0.2, -0.15) is 0 Å². The quantitative estimate of drug-likeness (QED) is 0.820. The van der Waals surface area contributed by atoms with E-state index < -0.39 is 0 Å². The number of amides is 1. The summed E-state index contributed by atoms with van der Waals surface area (Å²) < 4.78 is 0. The summed E-state index contributed by atoms with van der Waals surface area (Å²) in [6, 6.07) is 1.83. The third-order valence-electron chi connectivity index (χ3n) is 3.81. The van der Waals surface area contributed by atoms with Crippen molar-refractivity contribution in [3.05, 3.63) is 17.8 Å². The number of pyridine rings is 1. The molecule has 1 amide bonds. The fourth-order valence-electron chi connectivity index (χ4n) is 2.74. The highest BCUT2D eigenvalue weighted by molar-refractivity contribution is 5.90. The van der Waals surface area contributed by atoms with Crippen molar-refractivity contribution in [1.29, 1.82) is 0 Å². The third-order valence-corrected chi connectivity index (χ3v) is 3.81. The molecule has 1 aliphatic carbocycles. The fourth-order valence-corrected chi connectivity index (χ4v) is 2.74. The van der Waals surface area contributed by atoms with Gasteiger partial charge in [0.2, 0.25) is 5.91 Å². The second kappa shape index (κ2) is 6.55. The topological polar surface area (TPSA) is 68.0 Å². The summed E-state index contributed by atoms with van der Waals surface area (Å²) in [5, 5.41) is 2.90. The molecule has 4 nitrogen and oxygen atoms in total. The first-order valence-corrected chi connectivity index (χ1v) is 7.17. The molecule has 0 atom stereocenters. The molecule has 1 aliphatic rings. The average Bonchev–Trinajstić information content (AvgIpc) is 2.61. The summed E-state index contributed by atoms with van der Waals surface area (Å²) in [6.45, 7) is 1.91. The molecule has 0 aliphatic heterocycles. The number of aryl methyl sites for hydroxylation is 1. The molecule has 0 spiro atoms. The molecule has 0 saturated heterocycles. The summed E-state index contributed by atoms with van der Waals surface area (Å²) in [4.78, 5) is 16.2. The van der Waals surface area contributed by atoms with Crippen LogP contribution >= 0.6 is 0 Å². The van der Waals surface area contributed by atoms with Gasteiger partial charge in [-0.05, 0) is 37.3 Å². The molecule has 4 heteroatoms. The molecule has 0 radical (unpaired) electrons. The fraction of sp³-hybridized carbons (Fsp3) is 0.600. The van der Waals surface area contributed by atoms with Crippen molar-refractivity contribution in [3.8, 4) is 0 Å². The van der Waals surface area contributed by atoms with Gasteiger partial charge in [0, 0.05) is 6.42 Å². The highest BCUT2D eigenvalue weighted by Crippen LogP contribution is 2.26. The maximum atomic E-state index is 12.0. The Balaban J connectivity index is 1.89. The minimum Gasteiger partial charge on any atom is -0.397 e. The van der Waals surface area contributed by atoms with Crippen LogP contribution in [-0.4, -0.2) is 10.9 Å². The lowest BCUT2D eigenvalue weighted by atomic mass is 9.96. The van der Waals surface area contributed by atoms with Crippen molar-refractivity contribution < 1.29 is 4.79 Å². The molecule has 104 valence electrons. The van der Waals surface area contributed by atoms with E-state index in [1.165, 1.54) is 38.5 Å². The van der Waals surface area contributed by atoms with Gasteiger partial charge in [-0.25, -0.2) is 4.98 Å². The Morgan fingerprint density at radius 1 is 1.37 bits per heavy atom. The second-order valence-electron chi connectivity index (χ2n) is 5.54. The molecule has 0 aromatic carbocycles. The summed E-state index contributed by atoms with van der Waals surface area (Å²) in [6.07, 6.45) is 9.71. The van der Waals surface area contributed by atoms with Crippen molar-refractivity contribution in [2.75, 3.05) is 11.1 Å². The highest BCUT2D eigenvalue weighted by atomic mass is 16.1. The van der Waals surface area contributed by atoms with Gasteiger partial charge in [0.15, 0.2) is 0 Å². The van der Waals surface area contributed by atoms with Crippen LogP contribution in [0.1, 0.15) is 50.5 Å². The average molecular weight is 261 g/mol. The zero-order valence-electron chi connectivity index (χ0n) is 11.6. The van der Waals surface area contributed by atoms with Crippen molar-refractivity contribution in [2.45, 2.75) is 51.9 Å². The van der Waals surface area contributed by atoms with Crippen LogP contribution < -0.4 is 11.1 Å². The van der Waals surface area contributed by atoms with E-state index in [9.17, 15) is 4.79 Å². The number of carbonyl (C=O) groups excluding carboxylic acids is 1. The predicted molar refractivity (Wildman–Crippen MR) is 77.8 cm³/mol. The first-order chi connectivity index (χ1) is 9.15. The highest BCUT2D eigenvalue weighted by Gasteiger charge is 2.16. The number of nitrogen functional groups attached to an aromatic ring is 1. The van der Waals surface area contributed by atoms with Crippen LogP contribution in [0.3, 0.4) is 0 Å². The number of nitrogens with one attached hydrogen (secondary N) is 1. The number of aromatic nitrogens is 1. The lowest BCUT2D eigenvalue weighted by molar-refractivity contribution is -0.117. The van der Waals surface area contributed by atoms with E-state index in [-0.39, 0.29) is 5.91 Å². The number of anilines is 2. The lowest BCUT2D eigenvalue weighted by Gasteiger charge is -2.14. The molecule has 0 unspecified atom stereocenters. The summed E-state index contributed by atoms with van der Waals surface area (Å²) >= 11 is 0. The number of hydrogen-bond donors (Lipinski definition) is 2. The van der Waals surface area contributed by atoms with Gasteiger partial charge in [-0.15, -0.1) is 0 Å². The Morgan fingerprint density at radius 2 is 2.05 bits per heavy atom.